The molecule has 0 aromatic carbocycles. The average molecular weight is 161 g/mol. The highest BCUT2D eigenvalue weighted by Gasteiger charge is 1.99. The van der Waals surface area contributed by atoms with Crippen molar-refractivity contribution in [3.05, 3.63) is 36.2 Å². The van der Waals surface area contributed by atoms with Gasteiger partial charge in [-0.05, 0) is 24.6 Å². The van der Waals surface area contributed by atoms with Crippen molar-refractivity contribution < 1.29 is 0 Å². The van der Waals surface area contributed by atoms with Gasteiger partial charge >= 0.3 is 0 Å². The molecule has 3 N–H and O–H groups in total. The van der Waals surface area contributed by atoms with Gasteiger partial charge in [0.1, 0.15) is 11.5 Å². The summed E-state index contributed by atoms with van der Waals surface area (Å²) in [5, 5.41) is 7.16. The topological polar surface area (TPSA) is 62.8 Å². The highest BCUT2D eigenvalue weighted by Crippen LogP contribution is 2.10. The van der Waals surface area contributed by atoms with Gasteiger partial charge in [0.05, 0.1) is 0 Å². The second-order valence-corrected chi connectivity index (χ2v) is 2.62. The smallest absolute Gasteiger partial charge is 0.141 e. The van der Waals surface area contributed by atoms with Crippen molar-refractivity contribution in [3.8, 4) is 0 Å². The summed E-state index contributed by atoms with van der Waals surface area (Å²) in [4.78, 5) is 3.93. The maximum absolute atomic E-state index is 7.16. The number of aromatic nitrogens is 1. The van der Waals surface area contributed by atoms with Gasteiger partial charge in [0, 0.05) is 6.20 Å². The Bertz CT molecular complexity index is 299. The van der Waals surface area contributed by atoms with Crippen molar-refractivity contribution in [2.75, 3.05) is 0 Å². The van der Waals surface area contributed by atoms with E-state index in [1.807, 2.05) is 13.0 Å². The monoisotopic (exact) mass is 161 g/mol. The van der Waals surface area contributed by atoms with Crippen LogP contribution in [0.25, 0.3) is 5.57 Å². The van der Waals surface area contributed by atoms with E-state index in [0.717, 1.165) is 11.1 Å². The summed E-state index contributed by atoms with van der Waals surface area (Å²) >= 11 is 0. The van der Waals surface area contributed by atoms with Gasteiger partial charge in [0.2, 0.25) is 0 Å². The van der Waals surface area contributed by atoms with E-state index in [-0.39, 0.29) is 5.84 Å². The molecule has 0 fully saturated rings. The normalized spacial score (nSPS) is 9.42. The van der Waals surface area contributed by atoms with Crippen molar-refractivity contribution in [2.24, 2.45) is 5.73 Å². The highest BCUT2D eigenvalue weighted by atomic mass is 14.8. The molecule has 1 rings (SSSR count). The van der Waals surface area contributed by atoms with Gasteiger partial charge in [-0.15, -0.1) is 0 Å². The predicted molar refractivity (Wildman–Crippen MR) is 50.0 cm³/mol. The van der Waals surface area contributed by atoms with Crippen LogP contribution in [-0.4, -0.2) is 10.8 Å². The molecule has 0 unspecified atom stereocenters. The Balaban J connectivity index is 3.12. The van der Waals surface area contributed by atoms with Crippen molar-refractivity contribution in [3.63, 3.8) is 0 Å². The van der Waals surface area contributed by atoms with E-state index in [2.05, 4.69) is 11.6 Å². The molecule has 3 heteroatoms. The third-order valence-electron chi connectivity index (χ3n) is 1.53. The Kier molecular flexibility index (Phi) is 2.24. The van der Waals surface area contributed by atoms with E-state index >= 15 is 0 Å². The Morgan fingerprint density at radius 1 is 1.67 bits per heavy atom. The van der Waals surface area contributed by atoms with E-state index in [1.165, 1.54) is 0 Å². The Hall–Kier alpha value is -1.64. The van der Waals surface area contributed by atoms with E-state index < -0.39 is 0 Å². The van der Waals surface area contributed by atoms with Crippen LogP contribution in [-0.2, 0) is 0 Å². The zero-order chi connectivity index (χ0) is 9.14. The Morgan fingerprint density at radius 2 is 2.33 bits per heavy atom. The summed E-state index contributed by atoms with van der Waals surface area (Å²) in [6, 6.07) is 3.60. The fourth-order valence-corrected chi connectivity index (χ4v) is 0.843. The van der Waals surface area contributed by atoms with Crippen LogP contribution in [0.5, 0.6) is 0 Å². The molecule has 3 nitrogen and oxygen atoms in total. The van der Waals surface area contributed by atoms with Crippen molar-refractivity contribution in [1.82, 2.24) is 4.98 Å². The fraction of sp³-hybridized carbons (Fsp3) is 0.111. The summed E-state index contributed by atoms with van der Waals surface area (Å²) in [7, 11) is 0. The van der Waals surface area contributed by atoms with Gasteiger partial charge < -0.3 is 5.73 Å². The third-order valence-corrected chi connectivity index (χ3v) is 1.53. The van der Waals surface area contributed by atoms with Crippen LogP contribution in [0.2, 0.25) is 0 Å². The van der Waals surface area contributed by atoms with Crippen LogP contribution in [0, 0.1) is 5.41 Å². The quantitative estimate of drug-likeness (QED) is 0.508. The fourth-order valence-electron chi connectivity index (χ4n) is 0.843. The summed E-state index contributed by atoms with van der Waals surface area (Å²) in [5.41, 5.74) is 7.68. The molecule has 12 heavy (non-hydrogen) atoms. The highest BCUT2D eigenvalue weighted by molar-refractivity contribution is 5.93. The first-order valence-electron chi connectivity index (χ1n) is 3.57. The molecule has 0 atom stereocenters. The summed E-state index contributed by atoms with van der Waals surface area (Å²) < 4.78 is 0. The minimum Gasteiger partial charge on any atom is -0.382 e. The molecular weight excluding hydrogens is 150 g/mol. The number of nitrogens with zero attached hydrogens (tertiary/aromatic N) is 1. The molecule has 1 aromatic rings. The van der Waals surface area contributed by atoms with Gasteiger partial charge in [-0.25, -0.2) is 0 Å². The van der Waals surface area contributed by atoms with Gasteiger partial charge in [-0.2, -0.15) is 0 Å². The van der Waals surface area contributed by atoms with Gasteiger partial charge in [0.15, 0.2) is 0 Å². The minimum absolute atomic E-state index is 0.0156. The predicted octanol–water partition coefficient (Wildman–Crippen LogP) is 1.40. The van der Waals surface area contributed by atoms with E-state index in [4.69, 9.17) is 11.1 Å². The van der Waals surface area contributed by atoms with Crippen molar-refractivity contribution >= 4 is 11.4 Å². The maximum Gasteiger partial charge on any atom is 0.141 e. The molecule has 0 saturated carbocycles. The lowest BCUT2D eigenvalue weighted by atomic mass is 10.1. The lowest BCUT2D eigenvalue weighted by molar-refractivity contribution is 1.25. The first-order valence-corrected chi connectivity index (χ1v) is 3.57. The molecule has 1 aromatic heterocycles. The zero-order valence-corrected chi connectivity index (χ0v) is 6.96. The number of pyridine rings is 1. The second-order valence-electron chi connectivity index (χ2n) is 2.62. The van der Waals surface area contributed by atoms with Crippen molar-refractivity contribution in [1.29, 1.82) is 5.41 Å². The molecule has 0 aliphatic rings. The lowest BCUT2D eigenvalue weighted by Crippen LogP contribution is -2.12. The number of nitrogens with one attached hydrogen (secondary N) is 1. The lowest BCUT2D eigenvalue weighted by Gasteiger charge is -2.01. The molecule has 62 valence electrons. The summed E-state index contributed by atoms with van der Waals surface area (Å²) in [6.45, 7) is 5.69. The SMILES string of the molecule is C=C(C)c1ccnc(C(=N)N)c1. The van der Waals surface area contributed by atoms with Gasteiger partial charge in [0.25, 0.3) is 0 Å². The first kappa shape index (κ1) is 8.46. The number of amidine groups is 1. The number of nitrogens with two attached hydrogens (primary N) is 1. The Labute approximate surface area is 71.4 Å². The van der Waals surface area contributed by atoms with Crippen LogP contribution in [0.3, 0.4) is 0 Å². The largest absolute Gasteiger partial charge is 0.382 e. The molecule has 0 aliphatic carbocycles. The first-order chi connectivity index (χ1) is 5.61. The Morgan fingerprint density at radius 3 is 2.83 bits per heavy atom. The minimum atomic E-state index is -0.0156. The van der Waals surface area contributed by atoms with Crippen LogP contribution >= 0.6 is 0 Å². The van der Waals surface area contributed by atoms with E-state index in [1.54, 1.807) is 12.3 Å². The molecule has 0 aliphatic heterocycles. The molecular formula is C9H11N3. The molecule has 0 saturated heterocycles. The van der Waals surface area contributed by atoms with Gasteiger partial charge in [-0.3, -0.25) is 10.4 Å². The average Bonchev–Trinajstić information content (AvgIpc) is 2.04. The second kappa shape index (κ2) is 3.17. The maximum atomic E-state index is 7.16. The van der Waals surface area contributed by atoms with E-state index in [9.17, 15) is 0 Å². The number of hydrogen-bond donors (Lipinski definition) is 2. The molecule has 0 spiro atoms. The number of nitrogen functional groups attached to an aromatic ring is 1. The summed E-state index contributed by atoms with van der Waals surface area (Å²) in [6.07, 6.45) is 1.63. The van der Waals surface area contributed by atoms with E-state index in [0.29, 0.717) is 5.69 Å². The number of rotatable bonds is 2. The molecule has 0 amide bonds. The standard InChI is InChI=1S/C9H11N3/c1-6(2)7-3-4-12-8(5-7)9(10)11/h3-5H,1H2,2H3,(H3,10,11). The summed E-state index contributed by atoms with van der Waals surface area (Å²) in [5.74, 6) is -0.0156. The van der Waals surface area contributed by atoms with Crippen LogP contribution in [0.4, 0.5) is 0 Å². The zero-order valence-electron chi connectivity index (χ0n) is 6.96. The van der Waals surface area contributed by atoms with Crippen LogP contribution in [0.1, 0.15) is 18.2 Å². The van der Waals surface area contributed by atoms with Gasteiger partial charge in [-0.1, -0.05) is 12.2 Å². The molecule has 1 heterocycles. The van der Waals surface area contributed by atoms with Crippen LogP contribution in [0.15, 0.2) is 24.9 Å². The molecule has 0 bridgehead atoms. The third kappa shape index (κ3) is 1.69. The number of hydrogen-bond acceptors (Lipinski definition) is 2. The number of allylic oxidation sites excluding steroid dienone is 1. The van der Waals surface area contributed by atoms with Crippen LogP contribution < -0.4 is 5.73 Å². The molecule has 0 radical (unpaired) electrons. The van der Waals surface area contributed by atoms with Crippen molar-refractivity contribution in [2.45, 2.75) is 6.92 Å².